The molecule has 11 heteroatoms. The van der Waals surface area contributed by atoms with Gasteiger partial charge in [-0.25, -0.2) is 4.57 Å². The number of carbonyl (C=O) groups is 2. The van der Waals surface area contributed by atoms with Crippen molar-refractivity contribution >= 4 is 19.8 Å². The third-order valence-electron chi connectivity index (χ3n) is 12.3. The summed E-state index contributed by atoms with van der Waals surface area (Å²) in [6.07, 6.45) is 49.3. The van der Waals surface area contributed by atoms with Gasteiger partial charge in [-0.2, -0.15) is 0 Å². The number of ether oxygens (including phenoxy) is 2. The Kier molecular flexibility index (Phi) is 48.1. The summed E-state index contributed by atoms with van der Waals surface area (Å²) in [5.41, 5.74) is 0. The second-order valence-corrected chi connectivity index (χ2v) is 20.1. The van der Waals surface area contributed by atoms with Crippen LogP contribution in [0.15, 0.2) is 0 Å². The Hall–Kier alpha value is -1.03. The maximum absolute atomic E-state index is 12.7. The number of aliphatic hydroxyl groups is 2. The van der Waals surface area contributed by atoms with Gasteiger partial charge in [-0.3, -0.25) is 18.6 Å². The van der Waals surface area contributed by atoms with Gasteiger partial charge in [0, 0.05) is 12.8 Å². The smallest absolute Gasteiger partial charge is 0.462 e. The molecular formula is C52H103O10P. The third-order valence-corrected chi connectivity index (χ3v) is 13.2. The van der Waals surface area contributed by atoms with E-state index in [0.717, 1.165) is 32.1 Å². The molecule has 0 aliphatic carbocycles. The number of hydrogen-bond acceptors (Lipinski definition) is 9. The zero-order valence-electron chi connectivity index (χ0n) is 41.3. The minimum absolute atomic E-state index is 0.193. The van der Waals surface area contributed by atoms with Crippen LogP contribution in [0.5, 0.6) is 0 Å². The number of phosphoric ester groups is 1. The summed E-state index contributed by atoms with van der Waals surface area (Å²) in [5, 5.41) is 18.4. The van der Waals surface area contributed by atoms with E-state index in [-0.39, 0.29) is 19.4 Å². The van der Waals surface area contributed by atoms with E-state index in [1.54, 1.807) is 0 Å². The number of aliphatic hydroxyl groups excluding tert-OH is 2. The molecule has 0 amide bonds. The topological polar surface area (TPSA) is 149 Å². The number of hydrogen-bond donors (Lipinski definition) is 3. The molecule has 376 valence electrons. The Bertz CT molecular complexity index is 1010. The number of unbranched alkanes of at least 4 members (excludes halogenated alkanes) is 38. The lowest BCUT2D eigenvalue weighted by Gasteiger charge is -2.20. The summed E-state index contributed by atoms with van der Waals surface area (Å²) in [6, 6.07) is 0. The summed E-state index contributed by atoms with van der Waals surface area (Å²) in [4.78, 5) is 35.2. The molecule has 3 atom stereocenters. The van der Waals surface area contributed by atoms with Crippen molar-refractivity contribution in [2.75, 3.05) is 26.4 Å². The van der Waals surface area contributed by atoms with Gasteiger partial charge in [0.25, 0.3) is 0 Å². The molecule has 0 aromatic rings. The molecule has 1 unspecified atom stereocenters. The average Bonchev–Trinajstić information content (AvgIpc) is 3.27. The normalized spacial score (nSPS) is 13.5. The molecule has 0 heterocycles. The van der Waals surface area contributed by atoms with Crippen LogP contribution in [0.4, 0.5) is 0 Å². The Balaban J connectivity index is 4.09. The molecule has 0 spiro atoms. The van der Waals surface area contributed by atoms with E-state index in [1.165, 1.54) is 212 Å². The highest BCUT2D eigenvalue weighted by atomic mass is 31.2. The second kappa shape index (κ2) is 48.9. The summed E-state index contributed by atoms with van der Waals surface area (Å²) in [6.45, 7) is 2.46. The van der Waals surface area contributed by atoms with Gasteiger partial charge in [0.1, 0.15) is 12.7 Å². The molecule has 63 heavy (non-hydrogen) atoms. The first-order valence-corrected chi connectivity index (χ1v) is 28.5. The Morgan fingerprint density at radius 3 is 0.984 bits per heavy atom. The fraction of sp³-hybridized carbons (Fsp3) is 0.962. The second-order valence-electron chi connectivity index (χ2n) is 18.6. The van der Waals surface area contributed by atoms with Crippen LogP contribution < -0.4 is 0 Å². The first-order valence-electron chi connectivity index (χ1n) is 27.0. The monoisotopic (exact) mass is 919 g/mol. The van der Waals surface area contributed by atoms with Crippen molar-refractivity contribution < 1.29 is 47.8 Å². The number of rotatable bonds is 52. The largest absolute Gasteiger partial charge is 0.472 e. The van der Waals surface area contributed by atoms with Crippen LogP contribution in [0.1, 0.15) is 284 Å². The predicted octanol–water partition coefficient (Wildman–Crippen LogP) is 15.4. The van der Waals surface area contributed by atoms with Crippen molar-refractivity contribution in [3.05, 3.63) is 0 Å². The number of phosphoric acid groups is 1. The average molecular weight is 919 g/mol. The van der Waals surface area contributed by atoms with E-state index in [4.69, 9.17) is 23.6 Å². The zero-order chi connectivity index (χ0) is 46.2. The van der Waals surface area contributed by atoms with E-state index in [1.807, 2.05) is 0 Å². The molecule has 0 radical (unpaired) electrons. The molecular weight excluding hydrogens is 816 g/mol. The number of carbonyl (C=O) groups excluding carboxylic acids is 2. The minimum atomic E-state index is -4.62. The summed E-state index contributed by atoms with van der Waals surface area (Å²) in [7, 11) is -4.62. The Morgan fingerprint density at radius 2 is 0.683 bits per heavy atom. The van der Waals surface area contributed by atoms with Crippen LogP contribution >= 0.6 is 7.82 Å². The Labute approximate surface area is 388 Å². The van der Waals surface area contributed by atoms with Gasteiger partial charge in [0.05, 0.1) is 19.8 Å². The SMILES string of the molecule is CCCCCCCCCCCCCCCCCCCCCCCC(=O)O[C@H](COC(=O)CCCCCCCCCCCCCCCCCCCCC)COP(=O)(O)OC[C@@H](O)CO. The molecule has 10 nitrogen and oxygen atoms in total. The van der Waals surface area contributed by atoms with E-state index >= 15 is 0 Å². The van der Waals surface area contributed by atoms with Crippen molar-refractivity contribution in [3.8, 4) is 0 Å². The summed E-state index contributed by atoms with van der Waals surface area (Å²) >= 11 is 0. The van der Waals surface area contributed by atoms with Crippen molar-refractivity contribution in [2.45, 2.75) is 296 Å². The molecule has 0 aromatic heterocycles. The summed E-state index contributed by atoms with van der Waals surface area (Å²) < 4.78 is 32.9. The lowest BCUT2D eigenvalue weighted by atomic mass is 10.0. The van der Waals surface area contributed by atoms with Gasteiger partial charge in [0.15, 0.2) is 6.10 Å². The van der Waals surface area contributed by atoms with Gasteiger partial charge in [-0.1, -0.05) is 258 Å². The molecule has 0 aliphatic rings. The fourth-order valence-electron chi connectivity index (χ4n) is 8.12. The standard InChI is InChI=1S/C52H103O10P/c1-3-5-7-9-11-13-15-17-19-21-23-24-26-28-30-32-34-36-38-40-42-44-52(56)62-50(48-61-63(57,58)60-46-49(54)45-53)47-59-51(55)43-41-39-37-35-33-31-29-27-25-22-20-18-16-14-12-10-8-6-4-2/h49-50,53-54H,3-48H2,1-2H3,(H,57,58)/t49-,50+/m0/s1. The lowest BCUT2D eigenvalue weighted by Crippen LogP contribution is -2.29. The van der Waals surface area contributed by atoms with Crippen LogP contribution in [-0.2, 0) is 32.7 Å². The van der Waals surface area contributed by atoms with Crippen LogP contribution in [0.3, 0.4) is 0 Å². The molecule has 0 saturated carbocycles. The highest BCUT2D eigenvalue weighted by Gasteiger charge is 2.27. The van der Waals surface area contributed by atoms with E-state index in [0.29, 0.717) is 12.8 Å². The molecule has 3 N–H and O–H groups in total. The maximum Gasteiger partial charge on any atom is 0.472 e. The van der Waals surface area contributed by atoms with Crippen molar-refractivity contribution in [1.29, 1.82) is 0 Å². The third kappa shape index (κ3) is 48.7. The van der Waals surface area contributed by atoms with E-state index in [2.05, 4.69) is 13.8 Å². The summed E-state index contributed by atoms with van der Waals surface area (Å²) in [5.74, 6) is -0.900. The highest BCUT2D eigenvalue weighted by molar-refractivity contribution is 7.47. The lowest BCUT2D eigenvalue weighted by molar-refractivity contribution is -0.161. The van der Waals surface area contributed by atoms with Gasteiger partial charge in [-0.05, 0) is 12.8 Å². The molecule has 0 fully saturated rings. The van der Waals surface area contributed by atoms with Crippen LogP contribution in [-0.4, -0.2) is 65.7 Å². The van der Waals surface area contributed by atoms with E-state index in [9.17, 15) is 24.2 Å². The number of esters is 2. The first kappa shape index (κ1) is 62.0. The quantitative estimate of drug-likeness (QED) is 0.0306. The Morgan fingerprint density at radius 1 is 0.413 bits per heavy atom. The fourth-order valence-corrected chi connectivity index (χ4v) is 8.91. The van der Waals surface area contributed by atoms with Crippen molar-refractivity contribution in [2.24, 2.45) is 0 Å². The molecule has 0 bridgehead atoms. The molecule has 0 aliphatic heterocycles. The van der Waals surface area contributed by atoms with Crippen molar-refractivity contribution in [3.63, 3.8) is 0 Å². The highest BCUT2D eigenvalue weighted by Crippen LogP contribution is 2.43. The van der Waals surface area contributed by atoms with Crippen LogP contribution in [0.25, 0.3) is 0 Å². The predicted molar refractivity (Wildman–Crippen MR) is 261 cm³/mol. The van der Waals surface area contributed by atoms with Crippen molar-refractivity contribution in [1.82, 2.24) is 0 Å². The van der Waals surface area contributed by atoms with Crippen LogP contribution in [0.2, 0.25) is 0 Å². The zero-order valence-corrected chi connectivity index (χ0v) is 42.2. The molecule has 0 saturated heterocycles. The van der Waals surface area contributed by atoms with Gasteiger partial charge < -0.3 is 24.6 Å². The van der Waals surface area contributed by atoms with E-state index < -0.39 is 51.8 Å². The van der Waals surface area contributed by atoms with Gasteiger partial charge >= 0.3 is 19.8 Å². The van der Waals surface area contributed by atoms with Crippen LogP contribution in [0, 0.1) is 0 Å². The molecule has 0 aromatic carbocycles. The minimum Gasteiger partial charge on any atom is -0.462 e. The first-order chi connectivity index (χ1) is 30.7. The molecule has 0 rings (SSSR count). The van der Waals surface area contributed by atoms with Gasteiger partial charge in [0.2, 0.25) is 0 Å². The maximum atomic E-state index is 12.7. The van der Waals surface area contributed by atoms with Gasteiger partial charge in [-0.15, -0.1) is 0 Å².